The van der Waals surface area contributed by atoms with Crippen molar-refractivity contribution in [2.45, 2.75) is 30.7 Å². The van der Waals surface area contributed by atoms with E-state index in [0.717, 1.165) is 0 Å². The molecule has 1 amide bonds. The van der Waals surface area contributed by atoms with Crippen LogP contribution in [-0.4, -0.2) is 38.0 Å². The Hall–Kier alpha value is -2.78. The summed E-state index contributed by atoms with van der Waals surface area (Å²) in [5.74, 6) is -1.93. The van der Waals surface area contributed by atoms with E-state index in [1.54, 1.807) is 11.0 Å². The molecule has 1 atom stereocenters. The summed E-state index contributed by atoms with van der Waals surface area (Å²) >= 11 is 0. The van der Waals surface area contributed by atoms with Gasteiger partial charge in [-0.25, -0.2) is 12.8 Å². The SMILES string of the molecule is CC(=O)N1CCc2cc(S(=O)(=O)N[C@@H](Cc3ccc(F)cc3)C(=O)O)ccc21. The molecule has 0 aromatic heterocycles. The minimum atomic E-state index is -4.10. The predicted octanol–water partition coefficient (Wildman–Crippen LogP) is 1.71. The van der Waals surface area contributed by atoms with Gasteiger partial charge in [-0.2, -0.15) is 4.72 Å². The number of halogens is 1. The Morgan fingerprint density at radius 2 is 1.89 bits per heavy atom. The Morgan fingerprint density at radius 3 is 2.50 bits per heavy atom. The number of carboxylic acid groups (broad SMARTS) is 1. The highest BCUT2D eigenvalue weighted by Gasteiger charge is 2.28. The van der Waals surface area contributed by atoms with Crippen LogP contribution in [-0.2, 0) is 32.5 Å². The molecule has 0 aliphatic carbocycles. The molecule has 0 radical (unpaired) electrons. The third kappa shape index (κ3) is 4.20. The number of carbonyl (C=O) groups excluding carboxylic acids is 1. The lowest BCUT2D eigenvalue weighted by atomic mass is 10.1. The van der Waals surface area contributed by atoms with Crippen LogP contribution in [0.25, 0.3) is 0 Å². The summed E-state index contributed by atoms with van der Waals surface area (Å²) in [4.78, 5) is 24.6. The van der Waals surface area contributed by atoms with Gasteiger partial charge in [-0.05, 0) is 54.3 Å². The molecule has 1 aliphatic heterocycles. The van der Waals surface area contributed by atoms with Crippen molar-refractivity contribution in [2.75, 3.05) is 11.4 Å². The number of carbonyl (C=O) groups is 2. The zero-order chi connectivity index (χ0) is 20.5. The third-order valence-corrected chi connectivity index (χ3v) is 6.05. The van der Waals surface area contributed by atoms with Crippen molar-refractivity contribution in [3.63, 3.8) is 0 Å². The maximum atomic E-state index is 13.0. The average molecular weight is 406 g/mol. The van der Waals surface area contributed by atoms with E-state index in [4.69, 9.17) is 0 Å². The Labute approximate surface area is 161 Å². The van der Waals surface area contributed by atoms with Gasteiger partial charge in [0.2, 0.25) is 15.9 Å². The van der Waals surface area contributed by atoms with Gasteiger partial charge in [0.25, 0.3) is 0 Å². The number of sulfonamides is 1. The van der Waals surface area contributed by atoms with E-state index < -0.39 is 27.9 Å². The van der Waals surface area contributed by atoms with E-state index >= 15 is 0 Å². The van der Waals surface area contributed by atoms with Gasteiger partial charge in [-0.15, -0.1) is 0 Å². The second kappa shape index (κ2) is 7.69. The molecule has 0 unspecified atom stereocenters. The lowest BCUT2D eigenvalue weighted by molar-refractivity contribution is -0.138. The minimum Gasteiger partial charge on any atom is -0.480 e. The van der Waals surface area contributed by atoms with Crippen molar-refractivity contribution in [3.05, 3.63) is 59.4 Å². The molecule has 1 aliphatic rings. The third-order valence-electron chi connectivity index (χ3n) is 4.59. The highest BCUT2D eigenvalue weighted by molar-refractivity contribution is 7.89. The van der Waals surface area contributed by atoms with Crippen molar-refractivity contribution in [3.8, 4) is 0 Å². The second-order valence-corrected chi connectivity index (χ2v) is 8.27. The molecule has 148 valence electrons. The first-order valence-corrected chi connectivity index (χ1v) is 10.1. The number of aliphatic carboxylic acids is 1. The quantitative estimate of drug-likeness (QED) is 0.760. The van der Waals surface area contributed by atoms with Crippen molar-refractivity contribution >= 4 is 27.6 Å². The summed E-state index contributed by atoms with van der Waals surface area (Å²) in [6.07, 6.45) is 0.397. The summed E-state index contributed by atoms with van der Waals surface area (Å²) in [5, 5.41) is 9.40. The number of benzene rings is 2. The van der Waals surface area contributed by atoms with Crippen LogP contribution < -0.4 is 9.62 Å². The van der Waals surface area contributed by atoms with Gasteiger partial charge in [0.1, 0.15) is 11.9 Å². The largest absolute Gasteiger partial charge is 0.480 e. The summed E-state index contributed by atoms with van der Waals surface area (Å²) < 4.78 is 40.6. The predicted molar refractivity (Wildman–Crippen MR) is 100 cm³/mol. The van der Waals surface area contributed by atoms with Gasteiger partial charge < -0.3 is 10.0 Å². The number of carboxylic acids is 1. The standard InChI is InChI=1S/C19H19FN2O5S/c1-12(23)22-9-8-14-11-16(6-7-18(14)22)28(26,27)21-17(19(24)25)10-13-2-4-15(20)5-3-13/h2-7,11,17,21H,8-10H2,1H3,(H,24,25)/t17-/m0/s1. The van der Waals surface area contributed by atoms with Crippen molar-refractivity contribution in [1.29, 1.82) is 0 Å². The van der Waals surface area contributed by atoms with E-state index in [2.05, 4.69) is 4.72 Å². The lowest BCUT2D eigenvalue weighted by Gasteiger charge is -2.17. The molecule has 28 heavy (non-hydrogen) atoms. The zero-order valence-electron chi connectivity index (χ0n) is 15.1. The first-order valence-electron chi connectivity index (χ1n) is 8.58. The Kier molecular flexibility index (Phi) is 5.48. The smallest absolute Gasteiger partial charge is 0.322 e. The Balaban J connectivity index is 1.82. The summed E-state index contributed by atoms with van der Waals surface area (Å²) in [6.45, 7) is 1.91. The van der Waals surface area contributed by atoms with Crippen LogP contribution in [0.5, 0.6) is 0 Å². The average Bonchev–Trinajstić information content (AvgIpc) is 3.06. The number of fused-ring (bicyclic) bond motifs is 1. The van der Waals surface area contributed by atoms with Crippen LogP contribution in [0.4, 0.5) is 10.1 Å². The molecule has 2 N–H and O–H groups in total. The monoisotopic (exact) mass is 406 g/mol. The molecule has 7 nitrogen and oxygen atoms in total. The fraction of sp³-hybridized carbons (Fsp3) is 0.263. The highest BCUT2D eigenvalue weighted by Crippen LogP contribution is 2.30. The number of anilines is 1. The van der Waals surface area contributed by atoms with Crippen molar-refractivity contribution < 1.29 is 27.5 Å². The summed E-state index contributed by atoms with van der Waals surface area (Å²) in [7, 11) is -4.10. The van der Waals surface area contributed by atoms with Gasteiger partial charge in [0, 0.05) is 19.2 Å². The van der Waals surface area contributed by atoms with Gasteiger partial charge in [0.15, 0.2) is 0 Å². The van der Waals surface area contributed by atoms with Crippen LogP contribution in [0.15, 0.2) is 47.4 Å². The molecule has 0 spiro atoms. The number of amides is 1. The minimum absolute atomic E-state index is 0.0676. The maximum Gasteiger partial charge on any atom is 0.322 e. The van der Waals surface area contributed by atoms with E-state index in [-0.39, 0.29) is 17.2 Å². The molecule has 2 aromatic carbocycles. The van der Waals surface area contributed by atoms with Crippen LogP contribution >= 0.6 is 0 Å². The van der Waals surface area contributed by atoms with Crippen LogP contribution in [0.2, 0.25) is 0 Å². The summed E-state index contributed by atoms with van der Waals surface area (Å²) in [6, 6.07) is 8.13. The Bertz CT molecular complexity index is 1020. The number of hydrogen-bond acceptors (Lipinski definition) is 4. The molecular weight excluding hydrogens is 387 g/mol. The molecule has 0 bridgehead atoms. The van der Waals surface area contributed by atoms with Crippen molar-refractivity contribution in [2.24, 2.45) is 0 Å². The molecular formula is C19H19FN2O5S. The molecule has 9 heteroatoms. The zero-order valence-corrected chi connectivity index (χ0v) is 15.9. The molecule has 3 rings (SSSR count). The molecule has 1 heterocycles. The molecule has 0 saturated carbocycles. The normalized spacial score (nSPS) is 14.6. The van der Waals surface area contributed by atoms with E-state index in [0.29, 0.717) is 29.8 Å². The van der Waals surface area contributed by atoms with E-state index in [9.17, 15) is 27.5 Å². The topological polar surface area (TPSA) is 104 Å². The van der Waals surface area contributed by atoms with E-state index in [1.807, 2.05) is 0 Å². The number of rotatable bonds is 6. The highest BCUT2D eigenvalue weighted by atomic mass is 32.2. The van der Waals surface area contributed by atoms with Gasteiger partial charge in [-0.3, -0.25) is 9.59 Å². The lowest BCUT2D eigenvalue weighted by Crippen LogP contribution is -2.42. The fourth-order valence-corrected chi connectivity index (χ4v) is 4.40. The van der Waals surface area contributed by atoms with E-state index in [1.165, 1.54) is 43.3 Å². The van der Waals surface area contributed by atoms with Gasteiger partial charge >= 0.3 is 5.97 Å². The fourth-order valence-electron chi connectivity index (χ4n) is 3.16. The maximum absolute atomic E-state index is 13.0. The summed E-state index contributed by atoms with van der Waals surface area (Å²) in [5.41, 5.74) is 1.86. The van der Waals surface area contributed by atoms with Crippen LogP contribution in [0.1, 0.15) is 18.1 Å². The molecule has 2 aromatic rings. The number of nitrogens with zero attached hydrogens (tertiary/aromatic N) is 1. The number of nitrogens with one attached hydrogen (secondary N) is 1. The van der Waals surface area contributed by atoms with Gasteiger partial charge in [0.05, 0.1) is 4.90 Å². The van der Waals surface area contributed by atoms with Crippen LogP contribution in [0.3, 0.4) is 0 Å². The second-order valence-electron chi connectivity index (χ2n) is 6.55. The van der Waals surface area contributed by atoms with Crippen LogP contribution in [0, 0.1) is 5.82 Å². The first kappa shape index (κ1) is 20.0. The van der Waals surface area contributed by atoms with Gasteiger partial charge in [-0.1, -0.05) is 12.1 Å². The number of hydrogen-bond donors (Lipinski definition) is 2. The van der Waals surface area contributed by atoms with Crippen molar-refractivity contribution in [1.82, 2.24) is 4.72 Å². The molecule has 0 saturated heterocycles. The Morgan fingerprint density at radius 1 is 1.21 bits per heavy atom. The molecule has 0 fully saturated rings. The first-order chi connectivity index (χ1) is 13.2.